The Balaban J connectivity index is 1.92. The zero-order valence-electron chi connectivity index (χ0n) is 12.6. The van der Waals surface area contributed by atoms with Gasteiger partial charge in [-0.1, -0.05) is 13.8 Å². The summed E-state index contributed by atoms with van der Waals surface area (Å²) in [6, 6.07) is 5.30. The van der Waals surface area contributed by atoms with Gasteiger partial charge in [0.2, 0.25) is 11.8 Å². The molecular weight excluding hydrogens is 268 g/mol. The predicted octanol–water partition coefficient (Wildman–Crippen LogP) is 1.69. The molecule has 0 spiro atoms. The second-order valence-electron chi connectivity index (χ2n) is 6.22. The number of anilines is 1. The number of carbonyl (C=O) groups is 2. The van der Waals surface area contributed by atoms with E-state index in [9.17, 15) is 9.59 Å². The van der Waals surface area contributed by atoms with Gasteiger partial charge in [0.05, 0.1) is 24.1 Å². The Kier molecular flexibility index (Phi) is 3.06. The van der Waals surface area contributed by atoms with Gasteiger partial charge >= 0.3 is 0 Å². The molecule has 1 aliphatic carbocycles. The summed E-state index contributed by atoms with van der Waals surface area (Å²) in [4.78, 5) is 26.2. The van der Waals surface area contributed by atoms with Gasteiger partial charge in [0.25, 0.3) is 0 Å². The van der Waals surface area contributed by atoms with E-state index in [2.05, 4.69) is 0 Å². The van der Waals surface area contributed by atoms with Gasteiger partial charge in [0, 0.05) is 12.1 Å². The van der Waals surface area contributed by atoms with Crippen LogP contribution in [0.25, 0.3) is 0 Å². The summed E-state index contributed by atoms with van der Waals surface area (Å²) >= 11 is 0. The molecule has 112 valence electrons. The van der Waals surface area contributed by atoms with E-state index in [1.807, 2.05) is 20.8 Å². The van der Waals surface area contributed by atoms with Crippen molar-refractivity contribution in [1.82, 2.24) is 0 Å². The van der Waals surface area contributed by atoms with Crippen molar-refractivity contribution in [3.63, 3.8) is 0 Å². The van der Waals surface area contributed by atoms with Crippen molar-refractivity contribution in [3.05, 3.63) is 23.8 Å². The van der Waals surface area contributed by atoms with Crippen LogP contribution < -0.4 is 15.4 Å². The van der Waals surface area contributed by atoms with E-state index in [0.29, 0.717) is 24.6 Å². The summed E-state index contributed by atoms with van der Waals surface area (Å²) in [6.07, 6.45) is 0. The molecule has 1 aliphatic heterocycles. The lowest BCUT2D eigenvalue weighted by Crippen LogP contribution is -2.36. The smallest absolute Gasteiger partial charge is 0.238 e. The van der Waals surface area contributed by atoms with Crippen molar-refractivity contribution < 1.29 is 14.3 Å². The van der Waals surface area contributed by atoms with E-state index in [4.69, 9.17) is 10.5 Å². The quantitative estimate of drug-likeness (QED) is 0.856. The minimum atomic E-state index is -0.188. The maximum atomic E-state index is 12.4. The number of hydrogen-bond acceptors (Lipinski definition) is 4. The van der Waals surface area contributed by atoms with Crippen LogP contribution in [0.1, 0.15) is 26.3 Å². The van der Waals surface area contributed by atoms with Crippen LogP contribution in [0.5, 0.6) is 5.75 Å². The standard InChI is InChI=1S/C16H20N2O3/c1-4-21-11-6-5-10(7-9(11)8-17)18-14(19)12-13(15(18)20)16(12,2)3/h5-7,12-13H,4,8,17H2,1-3H3. The molecule has 2 amide bonds. The number of carbonyl (C=O) groups excluding carboxylic acids is 2. The number of amides is 2. The highest BCUT2D eigenvalue weighted by Gasteiger charge is 2.72. The van der Waals surface area contributed by atoms with Crippen molar-refractivity contribution in [2.45, 2.75) is 27.3 Å². The monoisotopic (exact) mass is 288 g/mol. The van der Waals surface area contributed by atoms with E-state index in [-0.39, 0.29) is 29.1 Å². The average Bonchev–Trinajstić information content (AvgIpc) is 2.90. The number of piperidine rings is 1. The molecule has 5 heteroatoms. The van der Waals surface area contributed by atoms with Gasteiger partial charge in [-0.05, 0) is 30.5 Å². The number of imide groups is 1. The number of nitrogens with two attached hydrogens (primary N) is 1. The molecule has 2 N–H and O–H groups in total. The number of ether oxygens (including phenoxy) is 1. The Morgan fingerprint density at radius 3 is 2.38 bits per heavy atom. The van der Waals surface area contributed by atoms with E-state index in [1.165, 1.54) is 4.90 Å². The number of rotatable bonds is 4. The molecule has 0 aromatic heterocycles. The van der Waals surface area contributed by atoms with E-state index >= 15 is 0 Å². The molecule has 1 aromatic rings. The normalized spacial score (nSPS) is 26.0. The fourth-order valence-electron chi connectivity index (χ4n) is 3.36. The Morgan fingerprint density at radius 2 is 1.86 bits per heavy atom. The summed E-state index contributed by atoms with van der Waals surface area (Å²) < 4.78 is 5.49. The summed E-state index contributed by atoms with van der Waals surface area (Å²) in [5.41, 5.74) is 6.94. The van der Waals surface area contributed by atoms with Crippen LogP contribution in [0.15, 0.2) is 18.2 Å². The minimum absolute atomic E-state index is 0.0952. The average molecular weight is 288 g/mol. The van der Waals surface area contributed by atoms with Crippen molar-refractivity contribution in [2.24, 2.45) is 23.0 Å². The number of hydrogen-bond donors (Lipinski definition) is 1. The Labute approximate surface area is 124 Å². The second-order valence-corrected chi connectivity index (χ2v) is 6.22. The molecule has 1 heterocycles. The summed E-state index contributed by atoms with van der Waals surface area (Å²) in [7, 11) is 0. The zero-order chi connectivity index (χ0) is 15.4. The first-order valence-corrected chi connectivity index (χ1v) is 7.27. The maximum Gasteiger partial charge on any atom is 0.238 e. The molecule has 1 saturated carbocycles. The number of nitrogens with zero attached hydrogens (tertiary/aromatic N) is 1. The summed E-state index contributed by atoms with van der Waals surface area (Å²) in [6.45, 7) is 6.69. The first kappa shape index (κ1) is 14.1. The third-order valence-corrected chi connectivity index (χ3v) is 4.62. The topological polar surface area (TPSA) is 72.6 Å². The van der Waals surface area contributed by atoms with Crippen molar-refractivity contribution in [1.29, 1.82) is 0 Å². The number of fused-ring (bicyclic) bond motifs is 1. The largest absolute Gasteiger partial charge is 0.494 e. The molecule has 1 aromatic carbocycles. The van der Waals surface area contributed by atoms with Crippen molar-refractivity contribution in [2.75, 3.05) is 11.5 Å². The molecule has 5 nitrogen and oxygen atoms in total. The maximum absolute atomic E-state index is 12.4. The molecule has 0 bridgehead atoms. The van der Waals surface area contributed by atoms with Gasteiger partial charge in [0.1, 0.15) is 5.75 Å². The SMILES string of the molecule is CCOc1ccc(N2C(=O)C3C(C2=O)C3(C)C)cc1CN. The molecular formula is C16H20N2O3. The Morgan fingerprint density at radius 1 is 1.24 bits per heavy atom. The first-order valence-electron chi connectivity index (χ1n) is 7.27. The molecule has 2 atom stereocenters. The fraction of sp³-hybridized carbons (Fsp3) is 0.500. The highest BCUT2D eigenvalue weighted by Crippen LogP contribution is 2.63. The van der Waals surface area contributed by atoms with Gasteiger partial charge < -0.3 is 10.5 Å². The van der Waals surface area contributed by atoms with Gasteiger partial charge in [0.15, 0.2) is 0 Å². The fourth-order valence-corrected chi connectivity index (χ4v) is 3.36. The van der Waals surface area contributed by atoms with Crippen molar-refractivity contribution in [3.8, 4) is 5.75 Å². The summed E-state index contributed by atoms with van der Waals surface area (Å²) in [5, 5.41) is 0. The van der Waals surface area contributed by atoms with Gasteiger partial charge in [-0.15, -0.1) is 0 Å². The molecule has 2 unspecified atom stereocenters. The zero-order valence-corrected chi connectivity index (χ0v) is 12.6. The lowest BCUT2D eigenvalue weighted by atomic mass is 10.0. The first-order chi connectivity index (χ1) is 9.93. The van der Waals surface area contributed by atoms with Gasteiger partial charge in [-0.3, -0.25) is 14.5 Å². The van der Waals surface area contributed by atoms with Gasteiger partial charge in [-0.25, -0.2) is 0 Å². The third kappa shape index (κ3) is 1.87. The lowest BCUT2D eigenvalue weighted by molar-refractivity contribution is -0.125. The van der Waals surface area contributed by atoms with E-state index in [0.717, 1.165) is 5.56 Å². The molecule has 3 rings (SSSR count). The summed E-state index contributed by atoms with van der Waals surface area (Å²) in [5.74, 6) is 0.174. The second kappa shape index (κ2) is 4.56. The molecule has 2 aliphatic rings. The molecule has 0 radical (unpaired) electrons. The third-order valence-electron chi connectivity index (χ3n) is 4.62. The molecule has 1 saturated heterocycles. The Bertz CT molecular complexity index is 600. The highest BCUT2D eigenvalue weighted by molar-refractivity contribution is 6.25. The lowest BCUT2D eigenvalue weighted by Gasteiger charge is -2.21. The highest BCUT2D eigenvalue weighted by atomic mass is 16.5. The van der Waals surface area contributed by atoms with Crippen LogP contribution in [0.3, 0.4) is 0 Å². The van der Waals surface area contributed by atoms with Crippen LogP contribution in [-0.2, 0) is 16.1 Å². The molecule has 2 fully saturated rings. The van der Waals surface area contributed by atoms with Crippen LogP contribution >= 0.6 is 0 Å². The van der Waals surface area contributed by atoms with Crippen LogP contribution in [0, 0.1) is 17.3 Å². The van der Waals surface area contributed by atoms with Crippen LogP contribution in [-0.4, -0.2) is 18.4 Å². The minimum Gasteiger partial charge on any atom is -0.494 e. The Hall–Kier alpha value is -1.88. The van der Waals surface area contributed by atoms with Crippen LogP contribution in [0.4, 0.5) is 5.69 Å². The van der Waals surface area contributed by atoms with Crippen molar-refractivity contribution >= 4 is 17.5 Å². The van der Waals surface area contributed by atoms with Crippen LogP contribution in [0.2, 0.25) is 0 Å². The van der Waals surface area contributed by atoms with Gasteiger partial charge in [-0.2, -0.15) is 0 Å². The molecule has 21 heavy (non-hydrogen) atoms. The predicted molar refractivity (Wildman–Crippen MR) is 78.8 cm³/mol. The number of benzene rings is 1. The van der Waals surface area contributed by atoms with E-state index < -0.39 is 0 Å². The van der Waals surface area contributed by atoms with E-state index in [1.54, 1.807) is 18.2 Å².